The third-order valence-corrected chi connectivity index (χ3v) is 3.76. The van der Waals surface area contributed by atoms with Crippen molar-refractivity contribution < 1.29 is 9.84 Å². The van der Waals surface area contributed by atoms with Crippen LogP contribution < -0.4 is 0 Å². The molecule has 1 aromatic rings. The number of hydrogen-bond donors (Lipinski definition) is 1. The Bertz CT molecular complexity index is 392. The van der Waals surface area contributed by atoms with Gasteiger partial charge in [0.2, 0.25) is 0 Å². The maximum absolute atomic E-state index is 9.19. The summed E-state index contributed by atoms with van der Waals surface area (Å²) in [4.78, 5) is 0. The van der Waals surface area contributed by atoms with Crippen LogP contribution in [0.15, 0.2) is 12.1 Å². The molecule has 2 rings (SSSR count). The van der Waals surface area contributed by atoms with Crippen LogP contribution in [0.25, 0.3) is 0 Å². The Morgan fingerprint density at radius 1 is 1.12 bits per heavy atom. The summed E-state index contributed by atoms with van der Waals surface area (Å²) in [6.07, 6.45) is 0.802. The van der Waals surface area contributed by atoms with Crippen LogP contribution in [-0.4, -0.2) is 24.9 Å². The van der Waals surface area contributed by atoms with E-state index >= 15 is 0 Å². The first-order valence-electron chi connectivity index (χ1n) is 5.86. The van der Waals surface area contributed by atoms with E-state index in [0.717, 1.165) is 19.6 Å². The Balaban J connectivity index is 2.42. The van der Waals surface area contributed by atoms with Gasteiger partial charge in [-0.3, -0.25) is 0 Å². The second kappa shape index (κ2) is 4.19. The van der Waals surface area contributed by atoms with E-state index in [1.807, 2.05) is 0 Å². The zero-order valence-corrected chi connectivity index (χ0v) is 10.3. The molecule has 1 saturated heterocycles. The number of benzene rings is 1. The van der Waals surface area contributed by atoms with E-state index in [9.17, 15) is 5.11 Å². The number of hydrogen-bond acceptors (Lipinski definition) is 2. The Kier molecular flexibility index (Phi) is 3.04. The summed E-state index contributed by atoms with van der Waals surface area (Å²) in [5, 5.41) is 9.19. The molecule has 1 aliphatic rings. The van der Waals surface area contributed by atoms with Gasteiger partial charge in [0.25, 0.3) is 0 Å². The van der Waals surface area contributed by atoms with Crippen LogP contribution in [0.3, 0.4) is 0 Å². The van der Waals surface area contributed by atoms with Crippen molar-refractivity contribution in [1.82, 2.24) is 0 Å². The van der Waals surface area contributed by atoms with Crippen molar-refractivity contribution in [2.75, 3.05) is 19.8 Å². The van der Waals surface area contributed by atoms with Crippen LogP contribution >= 0.6 is 0 Å². The molecule has 16 heavy (non-hydrogen) atoms. The number of rotatable bonds is 3. The van der Waals surface area contributed by atoms with Gasteiger partial charge >= 0.3 is 0 Å². The molecule has 1 N–H and O–H groups in total. The van der Waals surface area contributed by atoms with Gasteiger partial charge in [-0.1, -0.05) is 12.1 Å². The molecule has 2 nitrogen and oxygen atoms in total. The molecule has 0 bridgehead atoms. The standard InChI is InChI=1S/C14H20O2/c1-10-6-12(3)13(7-11(10)2)14(4-5-15)8-16-9-14/h6-7,15H,4-5,8-9H2,1-3H3. The third kappa shape index (κ3) is 1.76. The Morgan fingerprint density at radius 2 is 1.75 bits per heavy atom. The van der Waals surface area contributed by atoms with Gasteiger partial charge in [-0.15, -0.1) is 0 Å². The molecular formula is C14H20O2. The molecule has 0 atom stereocenters. The first kappa shape index (κ1) is 11.6. The molecule has 1 aromatic carbocycles. The highest BCUT2D eigenvalue weighted by Crippen LogP contribution is 2.38. The summed E-state index contributed by atoms with van der Waals surface area (Å²) >= 11 is 0. The molecule has 2 heteroatoms. The lowest BCUT2D eigenvalue weighted by Crippen LogP contribution is -2.47. The first-order valence-corrected chi connectivity index (χ1v) is 5.86. The molecule has 0 unspecified atom stereocenters. The quantitative estimate of drug-likeness (QED) is 0.846. The zero-order chi connectivity index (χ0) is 11.8. The lowest BCUT2D eigenvalue weighted by Gasteiger charge is -2.43. The van der Waals surface area contributed by atoms with Gasteiger partial charge in [-0.05, 0) is 49.4 Å². The molecule has 0 saturated carbocycles. The van der Waals surface area contributed by atoms with Gasteiger partial charge in [-0.25, -0.2) is 0 Å². The molecule has 1 fully saturated rings. The van der Waals surface area contributed by atoms with Crippen molar-refractivity contribution in [3.05, 3.63) is 34.4 Å². The Labute approximate surface area is 97.3 Å². The van der Waals surface area contributed by atoms with Crippen molar-refractivity contribution in [2.24, 2.45) is 0 Å². The predicted octanol–water partition coefficient (Wildman–Crippen LogP) is 2.26. The fourth-order valence-electron chi connectivity index (χ4n) is 2.53. The van der Waals surface area contributed by atoms with Crippen LogP contribution in [-0.2, 0) is 10.2 Å². The molecule has 1 aliphatic heterocycles. The van der Waals surface area contributed by atoms with Gasteiger partial charge in [0.1, 0.15) is 0 Å². The van der Waals surface area contributed by atoms with E-state index < -0.39 is 0 Å². The van der Waals surface area contributed by atoms with E-state index in [1.165, 1.54) is 22.3 Å². The number of aryl methyl sites for hydroxylation is 3. The minimum atomic E-state index is 0.0668. The predicted molar refractivity (Wildman–Crippen MR) is 64.9 cm³/mol. The Hall–Kier alpha value is -0.860. The third-order valence-electron chi connectivity index (χ3n) is 3.76. The van der Waals surface area contributed by atoms with E-state index in [2.05, 4.69) is 32.9 Å². The first-order chi connectivity index (χ1) is 7.59. The highest BCUT2D eigenvalue weighted by atomic mass is 16.5. The highest BCUT2D eigenvalue weighted by Gasteiger charge is 2.40. The van der Waals surface area contributed by atoms with Crippen LogP contribution in [0.4, 0.5) is 0 Å². The van der Waals surface area contributed by atoms with E-state index in [1.54, 1.807) is 0 Å². The molecule has 0 aliphatic carbocycles. The fourth-order valence-corrected chi connectivity index (χ4v) is 2.53. The van der Waals surface area contributed by atoms with Gasteiger partial charge < -0.3 is 9.84 Å². The maximum atomic E-state index is 9.19. The van der Waals surface area contributed by atoms with Gasteiger partial charge in [0.05, 0.1) is 13.2 Å². The van der Waals surface area contributed by atoms with Crippen LogP contribution in [0.1, 0.15) is 28.7 Å². The SMILES string of the molecule is Cc1cc(C)c(C2(CCO)COC2)cc1C. The monoisotopic (exact) mass is 220 g/mol. The van der Waals surface area contributed by atoms with Crippen LogP contribution in [0.5, 0.6) is 0 Å². The molecule has 0 aromatic heterocycles. The Morgan fingerprint density at radius 3 is 2.25 bits per heavy atom. The molecule has 0 amide bonds. The summed E-state index contributed by atoms with van der Waals surface area (Å²) in [5.74, 6) is 0. The summed E-state index contributed by atoms with van der Waals surface area (Å²) in [5.41, 5.74) is 5.40. The normalized spacial score (nSPS) is 18.2. The smallest absolute Gasteiger partial charge is 0.0586 e. The second-order valence-corrected chi connectivity index (χ2v) is 5.00. The van der Waals surface area contributed by atoms with E-state index in [-0.39, 0.29) is 12.0 Å². The minimum Gasteiger partial charge on any atom is -0.396 e. The lowest BCUT2D eigenvalue weighted by molar-refractivity contribution is -0.0704. The number of aliphatic hydroxyl groups is 1. The molecule has 1 heterocycles. The molecule has 0 spiro atoms. The summed E-state index contributed by atoms with van der Waals surface area (Å²) in [7, 11) is 0. The highest BCUT2D eigenvalue weighted by molar-refractivity contribution is 5.42. The van der Waals surface area contributed by atoms with Crippen LogP contribution in [0.2, 0.25) is 0 Å². The topological polar surface area (TPSA) is 29.5 Å². The second-order valence-electron chi connectivity index (χ2n) is 5.00. The van der Waals surface area contributed by atoms with Crippen molar-refractivity contribution in [3.63, 3.8) is 0 Å². The molecule has 88 valence electrons. The molecular weight excluding hydrogens is 200 g/mol. The van der Waals surface area contributed by atoms with Crippen molar-refractivity contribution in [3.8, 4) is 0 Å². The van der Waals surface area contributed by atoms with Gasteiger partial charge in [0, 0.05) is 12.0 Å². The maximum Gasteiger partial charge on any atom is 0.0586 e. The van der Waals surface area contributed by atoms with E-state index in [4.69, 9.17) is 4.74 Å². The summed E-state index contributed by atoms with van der Waals surface area (Å²) < 4.78 is 5.36. The number of aliphatic hydroxyl groups excluding tert-OH is 1. The average Bonchev–Trinajstić information content (AvgIpc) is 2.18. The minimum absolute atomic E-state index is 0.0668. The number of ether oxygens (including phenoxy) is 1. The van der Waals surface area contributed by atoms with Crippen molar-refractivity contribution in [2.45, 2.75) is 32.6 Å². The fraction of sp³-hybridized carbons (Fsp3) is 0.571. The largest absolute Gasteiger partial charge is 0.396 e. The van der Waals surface area contributed by atoms with Crippen molar-refractivity contribution in [1.29, 1.82) is 0 Å². The van der Waals surface area contributed by atoms with Gasteiger partial charge in [-0.2, -0.15) is 0 Å². The van der Waals surface area contributed by atoms with Crippen LogP contribution in [0, 0.1) is 20.8 Å². The summed E-state index contributed by atoms with van der Waals surface area (Å²) in [6, 6.07) is 4.50. The average molecular weight is 220 g/mol. The zero-order valence-electron chi connectivity index (χ0n) is 10.3. The van der Waals surface area contributed by atoms with E-state index in [0.29, 0.717) is 0 Å². The van der Waals surface area contributed by atoms with Gasteiger partial charge in [0.15, 0.2) is 0 Å². The lowest BCUT2D eigenvalue weighted by atomic mass is 9.73. The molecule has 0 radical (unpaired) electrons. The van der Waals surface area contributed by atoms with Crippen molar-refractivity contribution >= 4 is 0 Å². The summed E-state index contributed by atoms with van der Waals surface area (Å²) in [6.45, 7) is 8.16.